The number of amides is 1. The summed E-state index contributed by atoms with van der Waals surface area (Å²) in [5, 5.41) is 19.9. The number of hydrogen-bond donors (Lipinski definition) is 2. The molecule has 1 aromatic carbocycles. The minimum absolute atomic E-state index is 0.129. The molecule has 2 N–H and O–H groups in total. The number of carbonyl (C=O) groups excluding carboxylic acids is 1. The van der Waals surface area contributed by atoms with E-state index in [1.165, 1.54) is 10.9 Å². The molecule has 1 aliphatic rings. The summed E-state index contributed by atoms with van der Waals surface area (Å²) >= 11 is 6.12. The van der Waals surface area contributed by atoms with Crippen LogP contribution in [-0.2, 0) is 32.8 Å². The first kappa shape index (κ1) is 18.3. The van der Waals surface area contributed by atoms with Gasteiger partial charge in [-0.15, -0.1) is 5.10 Å². The van der Waals surface area contributed by atoms with Crippen LogP contribution in [0.2, 0.25) is 5.02 Å². The third-order valence-corrected chi connectivity index (χ3v) is 4.71. The molecule has 2 heterocycles. The number of nitrogens with one attached hydrogen (secondary N) is 1. The first-order valence-corrected chi connectivity index (χ1v) is 8.60. The fourth-order valence-corrected chi connectivity index (χ4v) is 3.32. The van der Waals surface area contributed by atoms with Crippen LogP contribution in [0.4, 0.5) is 0 Å². The molecular formula is C17H19ClN4O4. The SMILES string of the molecule is O=C(O)Cn1cc(CNC(=O)C2(c3cccc(Cl)c3)CCOCC2)nn1. The molecule has 1 saturated heterocycles. The molecule has 0 saturated carbocycles. The fourth-order valence-electron chi connectivity index (χ4n) is 3.13. The Hall–Kier alpha value is -2.45. The Balaban J connectivity index is 1.74. The van der Waals surface area contributed by atoms with Crippen LogP contribution in [-0.4, -0.2) is 45.2 Å². The van der Waals surface area contributed by atoms with Gasteiger partial charge in [0.15, 0.2) is 0 Å². The second-order valence-electron chi connectivity index (χ2n) is 6.19. The highest BCUT2D eigenvalue weighted by Crippen LogP contribution is 2.36. The van der Waals surface area contributed by atoms with Crippen LogP contribution in [0, 0.1) is 0 Å². The van der Waals surface area contributed by atoms with Crippen LogP contribution in [0.15, 0.2) is 30.5 Å². The lowest BCUT2D eigenvalue weighted by Crippen LogP contribution is -2.47. The van der Waals surface area contributed by atoms with Crippen LogP contribution in [0.3, 0.4) is 0 Å². The Bertz CT molecular complexity index is 802. The zero-order valence-corrected chi connectivity index (χ0v) is 14.8. The molecule has 0 bridgehead atoms. The molecule has 2 aromatic rings. The van der Waals surface area contributed by atoms with Crippen molar-refractivity contribution in [1.82, 2.24) is 20.3 Å². The van der Waals surface area contributed by atoms with Gasteiger partial charge >= 0.3 is 5.97 Å². The molecule has 26 heavy (non-hydrogen) atoms. The summed E-state index contributed by atoms with van der Waals surface area (Å²) in [5.41, 5.74) is 0.647. The lowest BCUT2D eigenvalue weighted by atomic mass is 9.73. The lowest BCUT2D eigenvalue weighted by Gasteiger charge is -2.36. The second-order valence-corrected chi connectivity index (χ2v) is 6.63. The maximum Gasteiger partial charge on any atom is 0.325 e. The van der Waals surface area contributed by atoms with Crippen LogP contribution >= 0.6 is 11.6 Å². The Kier molecular flexibility index (Phi) is 5.53. The van der Waals surface area contributed by atoms with E-state index in [4.69, 9.17) is 21.4 Å². The van der Waals surface area contributed by atoms with E-state index in [1.807, 2.05) is 18.2 Å². The van der Waals surface area contributed by atoms with Gasteiger partial charge in [-0.3, -0.25) is 9.59 Å². The molecule has 8 nitrogen and oxygen atoms in total. The maximum atomic E-state index is 13.0. The Labute approximate surface area is 155 Å². The van der Waals surface area contributed by atoms with Gasteiger partial charge in [-0.25, -0.2) is 4.68 Å². The van der Waals surface area contributed by atoms with E-state index in [1.54, 1.807) is 6.07 Å². The first-order chi connectivity index (χ1) is 12.5. The van der Waals surface area contributed by atoms with Crippen molar-refractivity contribution in [1.29, 1.82) is 0 Å². The number of benzene rings is 1. The van der Waals surface area contributed by atoms with E-state index in [9.17, 15) is 9.59 Å². The van der Waals surface area contributed by atoms with Gasteiger partial charge in [0.05, 0.1) is 18.2 Å². The van der Waals surface area contributed by atoms with E-state index >= 15 is 0 Å². The molecule has 1 amide bonds. The highest BCUT2D eigenvalue weighted by molar-refractivity contribution is 6.30. The number of aliphatic carboxylic acids is 1. The van der Waals surface area contributed by atoms with E-state index < -0.39 is 11.4 Å². The summed E-state index contributed by atoms with van der Waals surface area (Å²) < 4.78 is 6.65. The van der Waals surface area contributed by atoms with Crippen LogP contribution in [0.5, 0.6) is 0 Å². The zero-order valence-electron chi connectivity index (χ0n) is 14.0. The topological polar surface area (TPSA) is 106 Å². The minimum Gasteiger partial charge on any atom is -0.480 e. The average molecular weight is 379 g/mol. The highest BCUT2D eigenvalue weighted by Gasteiger charge is 2.41. The summed E-state index contributed by atoms with van der Waals surface area (Å²) in [7, 11) is 0. The van der Waals surface area contributed by atoms with E-state index in [2.05, 4.69) is 15.6 Å². The Morgan fingerprint density at radius 2 is 2.12 bits per heavy atom. The van der Waals surface area contributed by atoms with Gasteiger partial charge < -0.3 is 15.2 Å². The number of ether oxygens (including phenoxy) is 1. The number of hydrogen-bond acceptors (Lipinski definition) is 5. The van der Waals surface area contributed by atoms with E-state index in [0.29, 0.717) is 36.8 Å². The summed E-state index contributed by atoms with van der Waals surface area (Å²) in [5.74, 6) is -1.14. The third-order valence-electron chi connectivity index (χ3n) is 4.47. The number of rotatable bonds is 6. The van der Waals surface area contributed by atoms with E-state index in [0.717, 1.165) is 5.56 Å². The van der Waals surface area contributed by atoms with Crippen LogP contribution < -0.4 is 5.32 Å². The molecule has 138 valence electrons. The van der Waals surface area contributed by atoms with Crippen molar-refractivity contribution in [3.63, 3.8) is 0 Å². The largest absolute Gasteiger partial charge is 0.480 e. The number of halogens is 1. The summed E-state index contributed by atoms with van der Waals surface area (Å²) in [6.07, 6.45) is 2.63. The lowest BCUT2D eigenvalue weighted by molar-refractivity contribution is -0.138. The number of nitrogens with zero attached hydrogens (tertiary/aromatic N) is 3. The van der Waals surface area contributed by atoms with Gasteiger partial charge in [0.1, 0.15) is 12.2 Å². The molecule has 3 rings (SSSR count). The van der Waals surface area contributed by atoms with E-state index in [-0.39, 0.29) is 19.0 Å². The van der Waals surface area contributed by atoms with Crippen molar-refractivity contribution in [2.24, 2.45) is 0 Å². The quantitative estimate of drug-likeness (QED) is 0.786. The van der Waals surface area contributed by atoms with Crippen molar-refractivity contribution < 1.29 is 19.4 Å². The van der Waals surface area contributed by atoms with Gasteiger partial charge in [-0.1, -0.05) is 28.9 Å². The molecule has 0 spiro atoms. The van der Waals surface area contributed by atoms with Gasteiger partial charge in [0.25, 0.3) is 0 Å². The predicted molar refractivity (Wildman–Crippen MR) is 92.7 cm³/mol. The normalized spacial score (nSPS) is 16.2. The van der Waals surface area contributed by atoms with Gasteiger partial charge in [-0.2, -0.15) is 0 Å². The second kappa shape index (κ2) is 7.84. The first-order valence-electron chi connectivity index (χ1n) is 8.22. The van der Waals surface area contributed by atoms with Crippen LogP contribution in [0.1, 0.15) is 24.1 Å². The maximum absolute atomic E-state index is 13.0. The molecular weight excluding hydrogens is 360 g/mol. The highest BCUT2D eigenvalue weighted by atomic mass is 35.5. The van der Waals surface area contributed by atoms with Crippen LogP contribution in [0.25, 0.3) is 0 Å². The number of carbonyl (C=O) groups is 2. The van der Waals surface area contributed by atoms with Gasteiger partial charge in [-0.05, 0) is 30.5 Å². The minimum atomic E-state index is -1.01. The van der Waals surface area contributed by atoms with Gasteiger partial charge in [0, 0.05) is 18.2 Å². The molecule has 0 unspecified atom stereocenters. The van der Waals surface area contributed by atoms with Crippen molar-refractivity contribution >= 4 is 23.5 Å². The third kappa shape index (κ3) is 4.03. The molecule has 0 radical (unpaired) electrons. The Morgan fingerprint density at radius 3 is 2.81 bits per heavy atom. The fraction of sp³-hybridized carbons (Fsp3) is 0.412. The number of carboxylic acids is 1. The van der Waals surface area contributed by atoms with Gasteiger partial charge in [0.2, 0.25) is 5.91 Å². The molecule has 0 atom stereocenters. The molecule has 1 aliphatic heterocycles. The predicted octanol–water partition coefficient (Wildman–Crippen LogP) is 1.38. The monoisotopic (exact) mass is 378 g/mol. The standard InChI is InChI=1S/C17H19ClN4O4/c18-13-3-1-2-12(8-13)17(4-6-26-7-5-17)16(25)19-9-14-10-22(21-20-14)11-15(23)24/h1-3,8,10H,4-7,9,11H2,(H,19,25)(H,23,24). The number of carboxylic acid groups (broad SMARTS) is 1. The van der Waals surface area contributed by atoms with Crippen molar-refractivity contribution in [3.05, 3.63) is 46.7 Å². The van der Waals surface area contributed by atoms with Crippen molar-refractivity contribution in [3.8, 4) is 0 Å². The molecule has 0 aliphatic carbocycles. The smallest absolute Gasteiger partial charge is 0.325 e. The van der Waals surface area contributed by atoms with Crippen molar-refractivity contribution in [2.75, 3.05) is 13.2 Å². The van der Waals surface area contributed by atoms with Crippen molar-refractivity contribution in [2.45, 2.75) is 31.3 Å². The Morgan fingerprint density at radius 1 is 1.35 bits per heavy atom. The summed E-state index contributed by atoms with van der Waals surface area (Å²) in [6, 6.07) is 7.33. The molecule has 9 heteroatoms. The zero-order chi connectivity index (χ0) is 18.6. The summed E-state index contributed by atoms with van der Waals surface area (Å²) in [6.45, 7) is 0.885. The summed E-state index contributed by atoms with van der Waals surface area (Å²) in [4.78, 5) is 23.7. The average Bonchev–Trinajstić information content (AvgIpc) is 3.07. The molecule has 1 aromatic heterocycles. The number of aromatic nitrogens is 3. The molecule has 1 fully saturated rings.